The van der Waals surface area contributed by atoms with Crippen LogP contribution < -0.4 is 11.1 Å². The van der Waals surface area contributed by atoms with Gasteiger partial charge in [-0.3, -0.25) is 4.79 Å². The zero-order chi connectivity index (χ0) is 14.3. The first-order valence-electron chi connectivity index (χ1n) is 7.73. The molecular formula is C16H23N3O. The van der Waals surface area contributed by atoms with E-state index in [1.165, 1.54) is 32.1 Å². The van der Waals surface area contributed by atoms with Gasteiger partial charge in [0.1, 0.15) is 11.6 Å². The van der Waals surface area contributed by atoms with E-state index in [0.717, 1.165) is 30.2 Å². The Balaban J connectivity index is 1.65. The first-order chi connectivity index (χ1) is 9.58. The molecule has 4 aliphatic carbocycles. The van der Waals surface area contributed by atoms with Crippen molar-refractivity contribution in [3.05, 3.63) is 11.3 Å². The molecule has 1 amide bonds. The number of allylic oxidation sites excluding steroid dienone is 1. The van der Waals surface area contributed by atoms with Crippen molar-refractivity contribution in [3.63, 3.8) is 0 Å². The maximum Gasteiger partial charge on any atom is 0.261 e. The molecule has 20 heavy (non-hydrogen) atoms. The molecule has 4 rings (SSSR count). The number of amides is 1. The minimum atomic E-state index is -0.636. The van der Waals surface area contributed by atoms with Crippen LogP contribution in [-0.4, -0.2) is 12.5 Å². The summed E-state index contributed by atoms with van der Waals surface area (Å²) in [5.41, 5.74) is 5.91. The molecule has 4 aliphatic rings. The summed E-state index contributed by atoms with van der Waals surface area (Å²) in [5.74, 6) is 3.74. The highest BCUT2D eigenvalue weighted by molar-refractivity contribution is 5.96. The molecule has 3 N–H and O–H groups in total. The van der Waals surface area contributed by atoms with Gasteiger partial charge >= 0.3 is 0 Å². The van der Waals surface area contributed by atoms with Crippen LogP contribution in [0.2, 0.25) is 0 Å². The van der Waals surface area contributed by atoms with Gasteiger partial charge in [0.05, 0.1) is 0 Å². The lowest BCUT2D eigenvalue weighted by Crippen LogP contribution is -2.48. The lowest BCUT2D eigenvalue weighted by Gasteiger charge is -2.54. The van der Waals surface area contributed by atoms with Crippen LogP contribution in [0, 0.1) is 40.9 Å². The molecule has 0 radical (unpaired) electrons. The summed E-state index contributed by atoms with van der Waals surface area (Å²) in [6.07, 6.45) is 7.03. The summed E-state index contributed by atoms with van der Waals surface area (Å²) in [5, 5.41) is 12.3. The average molecular weight is 273 g/mol. The molecule has 0 aromatic heterocycles. The average Bonchev–Trinajstić information content (AvgIpc) is 2.37. The van der Waals surface area contributed by atoms with Gasteiger partial charge in [-0.05, 0) is 68.6 Å². The second-order valence-corrected chi connectivity index (χ2v) is 6.95. The third-order valence-corrected chi connectivity index (χ3v) is 5.76. The van der Waals surface area contributed by atoms with Gasteiger partial charge < -0.3 is 11.1 Å². The Hall–Kier alpha value is -1.50. The molecule has 0 aliphatic heterocycles. The molecule has 0 unspecified atom stereocenters. The summed E-state index contributed by atoms with van der Waals surface area (Å²) in [6.45, 7) is 2.67. The summed E-state index contributed by atoms with van der Waals surface area (Å²) in [4.78, 5) is 11.2. The van der Waals surface area contributed by atoms with E-state index in [9.17, 15) is 4.79 Å². The number of nitrogens with zero attached hydrogens (tertiary/aromatic N) is 1. The lowest BCUT2D eigenvalue weighted by molar-refractivity contribution is -0.114. The fourth-order valence-electron chi connectivity index (χ4n) is 5.05. The van der Waals surface area contributed by atoms with E-state index in [1.54, 1.807) is 6.92 Å². The van der Waals surface area contributed by atoms with Crippen LogP contribution >= 0.6 is 0 Å². The Bertz CT molecular complexity index is 460. The van der Waals surface area contributed by atoms with Gasteiger partial charge in [0.2, 0.25) is 0 Å². The van der Waals surface area contributed by atoms with Crippen molar-refractivity contribution in [3.8, 4) is 6.07 Å². The molecular weight excluding hydrogens is 250 g/mol. The third-order valence-electron chi connectivity index (χ3n) is 5.76. The number of hydrogen-bond acceptors (Lipinski definition) is 3. The van der Waals surface area contributed by atoms with Crippen LogP contribution in [-0.2, 0) is 4.79 Å². The maximum absolute atomic E-state index is 11.2. The fourth-order valence-corrected chi connectivity index (χ4v) is 5.05. The van der Waals surface area contributed by atoms with Crippen molar-refractivity contribution in [2.75, 3.05) is 6.54 Å². The monoisotopic (exact) mass is 273 g/mol. The number of carbonyl (C=O) groups is 1. The van der Waals surface area contributed by atoms with Gasteiger partial charge in [0.15, 0.2) is 0 Å². The molecule has 0 spiro atoms. The second kappa shape index (κ2) is 5.12. The predicted octanol–water partition coefficient (Wildman–Crippen LogP) is 1.93. The van der Waals surface area contributed by atoms with Gasteiger partial charge in [0, 0.05) is 12.2 Å². The Morgan fingerprint density at radius 3 is 2.20 bits per heavy atom. The number of nitrogens with two attached hydrogens (primary N) is 1. The highest BCUT2D eigenvalue weighted by Crippen LogP contribution is 2.56. The largest absolute Gasteiger partial charge is 0.387 e. The predicted molar refractivity (Wildman–Crippen MR) is 76.0 cm³/mol. The lowest BCUT2D eigenvalue weighted by atomic mass is 9.52. The molecule has 0 aromatic carbocycles. The van der Waals surface area contributed by atoms with E-state index in [-0.39, 0.29) is 5.57 Å². The first kappa shape index (κ1) is 13.5. The van der Waals surface area contributed by atoms with E-state index < -0.39 is 5.91 Å². The third kappa shape index (κ3) is 2.30. The maximum atomic E-state index is 11.2. The van der Waals surface area contributed by atoms with E-state index >= 15 is 0 Å². The molecule has 4 fully saturated rings. The second-order valence-electron chi connectivity index (χ2n) is 6.95. The van der Waals surface area contributed by atoms with Crippen LogP contribution in [0.15, 0.2) is 11.3 Å². The SMILES string of the molecule is C/C(NCC1C2CC3CC(C2)CC1C3)=C(/C#N)C(N)=O. The molecule has 4 bridgehead atoms. The Morgan fingerprint density at radius 1 is 1.20 bits per heavy atom. The Kier molecular flexibility index (Phi) is 3.45. The van der Waals surface area contributed by atoms with Gasteiger partial charge in [0.25, 0.3) is 5.91 Å². The zero-order valence-electron chi connectivity index (χ0n) is 12.1. The molecule has 0 heterocycles. The number of primary amides is 1. The van der Waals surface area contributed by atoms with E-state index in [2.05, 4.69) is 5.32 Å². The Morgan fingerprint density at radius 2 is 1.75 bits per heavy atom. The fraction of sp³-hybridized carbons (Fsp3) is 0.750. The van der Waals surface area contributed by atoms with Crippen molar-refractivity contribution in [1.29, 1.82) is 5.26 Å². The number of nitriles is 1. The van der Waals surface area contributed by atoms with Crippen molar-refractivity contribution in [2.24, 2.45) is 35.3 Å². The summed E-state index contributed by atoms with van der Waals surface area (Å²) in [6, 6.07) is 1.90. The van der Waals surface area contributed by atoms with E-state index in [1.807, 2.05) is 6.07 Å². The highest BCUT2D eigenvalue weighted by Gasteiger charge is 2.47. The summed E-state index contributed by atoms with van der Waals surface area (Å²) in [7, 11) is 0. The van der Waals surface area contributed by atoms with Crippen molar-refractivity contribution < 1.29 is 4.79 Å². The van der Waals surface area contributed by atoms with Gasteiger partial charge in [-0.15, -0.1) is 0 Å². The number of rotatable bonds is 4. The highest BCUT2D eigenvalue weighted by atomic mass is 16.1. The minimum absolute atomic E-state index is 0.0637. The number of nitrogens with one attached hydrogen (secondary N) is 1. The molecule has 4 nitrogen and oxygen atoms in total. The standard InChI is InChI=1S/C16H23N3O/c1-9(14(7-17)16(18)20)19-8-15-12-3-10-2-11(5-12)6-13(15)4-10/h10-13,15,19H,2-6,8H2,1H3,(H2,18,20)/b14-9+. The normalized spacial score (nSPS) is 39.1. The van der Waals surface area contributed by atoms with Gasteiger partial charge in [-0.25, -0.2) is 0 Å². The van der Waals surface area contributed by atoms with E-state index in [0.29, 0.717) is 11.6 Å². The van der Waals surface area contributed by atoms with Crippen molar-refractivity contribution in [2.45, 2.75) is 39.0 Å². The van der Waals surface area contributed by atoms with E-state index in [4.69, 9.17) is 11.0 Å². The molecule has 0 aromatic rings. The smallest absolute Gasteiger partial charge is 0.261 e. The molecule has 0 atom stereocenters. The number of carbonyl (C=O) groups excluding carboxylic acids is 1. The van der Waals surface area contributed by atoms with Crippen LogP contribution in [0.1, 0.15) is 39.0 Å². The van der Waals surface area contributed by atoms with Gasteiger partial charge in [-0.1, -0.05) is 0 Å². The van der Waals surface area contributed by atoms with Crippen LogP contribution in [0.5, 0.6) is 0 Å². The number of hydrogen-bond donors (Lipinski definition) is 2. The summed E-state index contributed by atoms with van der Waals surface area (Å²) < 4.78 is 0. The first-order valence-corrected chi connectivity index (χ1v) is 7.73. The molecule has 4 saturated carbocycles. The van der Waals surface area contributed by atoms with Crippen LogP contribution in [0.3, 0.4) is 0 Å². The quantitative estimate of drug-likeness (QED) is 0.607. The van der Waals surface area contributed by atoms with Crippen LogP contribution in [0.25, 0.3) is 0 Å². The van der Waals surface area contributed by atoms with Crippen molar-refractivity contribution >= 4 is 5.91 Å². The molecule has 4 heteroatoms. The van der Waals surface area contributed by atoms with Gasteiger partial charge in [-0.2, -0.15) is 5.26 Å². The summed E-state index contributed by atoms with van der Waals surface area (Å²) >= 11 is 0. The molecule has 0 saturated heterocycles. The van der Waals surface area contributed by atoms with Crippen molar-refractivity contribution in [1.82, 2.24) is 5.32 Å². The zero-order valence-corrected chi connectivity index (χ0v) is 12.1. The molecule has 108 valence electrons. The Labute approximate surface area is 120 Å². The van der Waals surface area contributed by atoms with Crippen LogP contribution in [0.4, 0.5) is 0 Å². The topological polar surface area (TPSA) is 78.9 Å². The minimum Gasteiger partial charge on any atom is -0.387 e.